The van der Waals surface area contributed by atoms with E-state index in [0.717, 1.165) is 18.4 Å². The number of ether oxygens (including phenoxy) is 2. The van der Waals surface area contributed by atoms with Crippen LogP contribution in [0.25, 0.3) is 0 Å². The van der Waals surface area contributed by atoms with E-state index in [1.54, 1.807) is 6.07 Å². The lowest BCUT2D eigenvalue weighted by molar-refractivity contribution is -0.384. The molecule has 0 amide bonds. The lowest BCUT2D eigenvalue weighted by Crippen LogP contribution is -2.13. The Bertz CT molecular complexity index is 800. The second-order valence-electron chi connectivity index (χ2n) is 6.21. The van der Waals surface area contributed by atoms with Crippen LogP contribution in [0.15, 0.2) is 42.5 Å². The van der Waals surface area contributed by atoms with Crippen LogP contribution >= 0.6 is 0 Å². The number of nitrogens with one attached hydrogen (secondary N) is 1. The van der Waals surface area contributed by atoms with Crippen LogP contribution in [0.2, 0.25) is 0 Å². The number of nitrogens with zero attached hydrogens (tertiary/aromatic N) is 1. The van der Waals surface area contributed by atoms with Gasteiger partial charge in [-0.2, -0.15) is 0 Å². The Balaban J connectivity index is 1.54. The maximum atomic E-state index is 12.1. The van der Waals surface area contributed by atoms with Gasteiger partial charge in [0.2, 0.25) is 0 Å². The van der Waals surface area contributed by atoms with Crippen LogP contribution in [0.3, 0.4) is 0 Å². The summed E-state index contributed by atoms with van der Waals surface area (Å²) in [6.07, 6.45) is 2.00. The van der Waals surface area contributed by atoms with Gasteiger partial charge in [-0.15, -0.1) is 0 Å². The van der Waals surface area contributed by atoms with E-state index in [4.69, 9.17) is 9.47 Å². The van der Waals surface area contributed by atoms with Crippen molar-refractivity contribution in [2.24, 2.45) is 0 Å². The van der Waals surface area contributed by atoms with Crippen LogP contribution in [0.5, 0.6) is 5.75 Å². The Morgan fingerprint density at radius 1 is 1.19 bits per heavy atom. The van der Waals surface area contributed by atoms with Gasteiger partial charge in [0, 0.05) is 12.1 Å². The van der Waals surface area contributed by atoms with E-state index in [9.17, 15) is 14.9 Å². The third-order valence-corrected chi connectivity index (χ3v) is 3.97. The van der Waals surface area contributed by atoms with E-state index >= 15 is 0 Å². The monoisotopic (exact) mass is 356 g/mol. The molecule has 136 valence electrons. The molecule has 0 aliphatic heterocycles. The molecular formula is C19H20N2O5. The Morgan fingerprint density at radius 3 is 2.58 bits per heavy atom. The number of nitro benzene ring substituents is 1. The zero-order valence-corrected chi connectivity index (χ0v) is 14.4. The molecule has 1 saturated carbocycles. The van der Waals surface area contributed by atoms with E-state index in [2.05, 4.69) is 5.32 Å². The number of carbonyl (C=O) groups is 1. The summed E-state index contributed by atoms with van der Waals surface area (Å²) in [6.45, 7) is 2.25. The summed E-state index contributed by atoms with van der Waals surface area (Å²) in [5, 5.41) is 14.3. The highest BCUT2D eigenvalue weighted by Gasteiger charge is 2.25. The predicted octanol–water partition coefficient (Wildman–Crippen LogP) is 3.71. The minimum Gasteiger partial charge on any atom is -0.490 e. The fourth-order valence-corrected chi connectivity index (χ4v) is 2.39. The summed E-state index contributed by atoms with van der Waals surface area (Å²) >= 11 is 0. The second kappa shape index (κ2) is 7.86. The zero-order chi connectivity index (χ0) is 18.5. The van der Waals surface area contributed by atoms with Crippen molar-refractivity contribution in [1.82, 2.24) is 0 Å². The Labute approximate surface area is 151 Å². The topological polar surface area (TPSA) is 90.7 Å². The molecule has 0 unspecified atom stereocenters. The summed E-state index contributed by atoms with van der Waals surface area (Å²) in [4.78, 5) is 22.8. The smallest absolute Gasteiger partial charge is 0.338 e. The van der Waals surface area contributed by atoms with Gasteiger partial charge in [0.05, 0.1) is 10.5 Å². The molecule has 3 rings (SSSR count). The molecule has 0 heterocycles. The van der Waals surface area contributed by atoms with Crippen LogP contribution in [0.4, 0.5) is 11.4 Å². The van der Waals surface area contributed by atoms with Crippen molar-refractivity contribution in [2.75, 3.05) is 18.5 Å². The fraction of sp³-hybridized carbons (Fsp3) is 0.316. The normalized spacial score (nSPS) is 13.1. The van der Waals surface area contributed by atoms with Crippen molar-refractivity contribution in [1.29, 1.82) is 0 Å². The van der Waals surface area contributed by atoms with Gasteiger partial charge in [0.25, 0.3) is 5.69 Å². The maximum Gasteiger partial charge on any atom is 0.338 e. The van der Waals surface area contributed by atoms with Crippen LogP contribution in [0.1, 0.15) is 28.8 Å². The van der Waals surface area contributed by atoms with Gasteiger partial charge in [-0.05, 0) is 44.0 Å². The molecule has 7 heteroatoms. The number of hydrogen-bond donors (Lipinski definition) is 1. The van der Waals surface area contributed by atoms with Crippen molar-refractivity contribution < 1.29 is 19.2 Å². The van der Waals surface area contributed by atoms with Crippen molar-refractivity contribution in [2.45, 2.75) is 25.8 Å². The van der Waals surface area contributed by atoms with Gasteiger partial charge in [-0.25, -0.2) is 4.79 Å². The third kappa shape index (κ3) is 4.72. The quantitative estimate of drug-likeness (QED) is 0.335. The first-order chi connectivity index (χ1) is 12.5. The van der Waals surface area contributed by atoms with E-state index < -0.39 is 10.9 Å². The van der Waals surface area contributed by atoms with Gasteiger partial charge < -0.3 is 14.8 Å². The van der Waals surface area contributed by atoms with E-state index in [0.29, 0.717) is 11.4 Å². The average Bonchev–Trinajstić information content (AvgIpc) is 3.44. The van der Waals surface area contributed by atoms with Crippen molar-refractivity contribution in [3.8, 4) is 5.75 Å². The first kappa shape index (κ1) is 17.7. The van der Waals surface area contributed by atoms with Gasteiger partial charge >= 0.3 is 5.97 Å². The molecule has 26 heavy (non-hydrogen) atoms. The maximum absolute atomic E-state index is 12.1. The molecular weight excluding hydrogens is 336 g/mol. The molecule has 7 nitrogen and oxygen atoms in total. The molecule has 2 aromatic carbocycles. The van der Waals surface area contributed by atoms with Gasteiger partial charge in [0.15, 0.2) is 0 Å². The highest BCUT2D eigenvalue weighted by molar-refractivity contribution is 5.91. The molecule has 1 N–H and O–H groups in total. The summed E-state index contributed by atoms with van der Waals surface area (Å²) < 4.78 is 10.6. The molecule has 1 fully saturated rings. The summed E-state index contributed by atoms with van der Waals surface area (Å²) in [6, 6.07) is 12.1. The van der Waals surface area contributed by atoms with Crippen molar-refractivity contribution in [3.05, 3.63) is 63.7 Å². The Morgan fingerprint density at radius 2 is 1.92 bits per heavy atom. The molecule has 1 aliphatic carbocycles. The molecule has 0 bridgehead atoms. The number of nitro groups is 1. The summed E-state index contributed by atoms with van der Waals surface area (Å²) in [7, 11) is 0. The van der Waals surface area contributed by atoms with Crippen LogP contribution in [-0.2, 0) is 4.74 Å². The number of anilines is 1. The molecule has 0 spiro atoms. The highest BCUT2D eigenvalue weighted by Crippen LogP contribution is 2.31. The minimum atomic E-state index is -0.612. The molecule has 0 radical (unpaired) electrons. The molecule has 0 saturated heterocycles. The fourth-order valence-electron chi connectivity index (χ4n) is 2.39. The summed E-state index contributed by atoms with van der Waals surface area (Å²) in [5.74, 6) is 0.0800. The molecule has 0 aromatic heterocycles. The molecule has 1 aliphatic rings. The van der Waals surface area contributed by atoms with E-state index in [1.807, 2.05) is 31.2 Å². The number of hydrogen-bond acceptors (Lipinski definition) is 6. The number of carbonyl (C=O) groups excluding carboxylic acids is 1. The molecule has 0 atom stereocenters. The standard InChI is InChI=1S/C19H20N2O5/c1-13-2-7-16(8-3-13)25-10-11-26-19(22)14-4-9-17(20-15-5-6-15)18(12-14)21(23)24/h2-4,7-9,12,15,20H,5-6,10-11H2,1H3. The van der Waals surface area contributed by atoms with Gasteiger partial charge in [-0.1, -0.05) is 17.7 Å². The van der Waals surface area contributed by atoms with Crippen LogP contribution in [-0.4, -0.2) is 30.1 Å². The SMILES string of the molecule is Cc1ccc(OCCOC(=O)c2ccc(NC3CC3)c([N+](=O)[O-])c2)cc1. The lowest BCUT2D eigenvalue weighted by atomic mass is 10.1. The van der Waals surface area contributed by atoms with E-state index in [-0.39, 0.29) is 30.5 Å². The van der Waals surface area contributed by atoms with Gasteiger partial charge in [0.1, 0.15) is 24.7 Å². The van der Waals surface area contributed by atoms with Gasteiger partial charge in [-0.3, -0.25) is 10.1 Å². The first-order valence-corrected chi connectivity index (χ1v) is 8.44. The average molecular weight is 356 g/mol. The largest absolute Gasteiger partial charge is 0.490 e. The number of rotatable bonds is 8. The Kier molecular flexibility index (Phi) is 5.36. The minimum absolute atomic E-state index is 0.0581. The number of aryl methyl sites for hydroxylation is 1. The number of esters is 1. The van der Waals surface area contributed by atoms with Crippen molar-refractivity contribution >= 4 is 17.3 Å². The Hall–Kier alpha value is -3.09. The third-order valence-electron chi connectivity index (χ3n) is 3.97. The number of benzene rings is 2. The predicted molar refractivity (Wildman–Crippen MR) is 96.7 cm³/mol. The molecule has 2 aromatic rings. The summed E-state index contributed by atoms with van der Waals surface area (Å²) in [5.41, 5.74) is 1.58. The van der Waals surface area contributed by atoms with Crippen molar-refractivity contribution in [3.63, 3.8) is 0 Å². The zero-order valence-electron chi connectivity index (χ0n) is 14.4. The van der Waals surface area contributed by atoms with Crippen LogP contribution < -0.4 is 10.1 Å². The second-order valence-corrected chi connectivity index (χ2v) is 6.21. The van der Waals surface area contributed by atoms with E-state index in [1.165, 1.54) is 12.1 Å². The highest BCUT2D eigenvalue weighted by atomic mass is 16.6. The first-order valence-electron chi connectivity index (χ1n) is 8.44. The van der Waals surface area contributed by atoms with Crippen LogP contribution in [0, 0.1) is 17.0 Å². The lowest BCUT2D eigenvalue weighted by Gasteiger charge is -2.09.